The first-order valence-corrected chi connectivity index (χ1v) is 11.0. The summed E-state index contributed by atoms with van der Waals surface area (Å²) in [4.78, 5) is 10.5. The molecule has 7 nitrogen and oxygen atoms in total. The van der Waals surface area contributed by atoms with E-state index in [4.69, 9.17) is 39.8 Å². The molecule has 3 heterocycles. The van der Waals surface area contributed by atoms with Gasteiger partial charge in [0.1, 0.15) is 33.5 Å². The molecule has 2 bridgehead atoms. The first kappa shape index (κ1) is 19.3. The molecule has 24 heavy (non-hydrogen) atoms. The number of hydrogen-bond donors (Lipinski definition) is 1. The summed E-state index contributed by atoms with van der Waals surface area (Å²) in [7, 11) is 5.54. The Kier molecular flexibility index (Phi) is 5.82. The van der Waals surface area contributed by atoms with E-state index in [1.165, 1.54) is 0 Å². The minimum atomic E-state index is -3.40. The first-order valence-electron chi connectivity index (χ1n) is 8.43. The highest BCUT2D eigenvalue weighted by Crippen LogP contribution is 2.50. The molecule has 3 rings (SSSR count). The average molecular weight is 378 g/mol. The molecule has 0 aromatic heterocycles. The summed E-state index contributed by atoms with van der Waals surface area (Å²) < 4.78 is 34.3. The van der Waals surface area contributed by atoms with Crippen LogP contribution in [0.25, 0.3) is 0 Å². The van der Waals surface area contributed by atoms with Crippen LogP contribution in [0.4, 0.5) is 0 Å². The van der Waals surface area contributed by atoms with Gasteiger partial charge in [0.15, 0.2) is 0 Å². The molecule has 8 unspecified atom stereocenters. The van der Waals surface area contributed by atoms with Gasteiger partial charge in [0, 0.05) is 13.1 Å². The molecule has 3 fully saturated rings. The maximum absolute atomic E-state index is 10.5. The van der Waals surface area contributed by atoms with Crippen molar-refractivity contribution in [3.8, 4) is 0 Å². The van der Waals surface area contributed by atoms with Crippen LogP contribution in [0.5, 0.6) is 0 Å². The van der Waals surface area contributed by atoms with Crippen LogP contribution in [0.2, 0.25) is 0 Å². The van der Waals surface area contributed by atoms with Crippen molar-refractivity contribution in [3.05, 3.63) is 0 Å². The van der Waals surface area contributed by atoms with E-state index in [1.807, 2.05) is 22.6 Å². The summed E-state index contributed by atoms with van der Waals surface area (Å²) in [6.07, 6.45) is 0.837. The molecule has 3 aliphatic rings. The number of fused-ring (bicyclic) bond motifs is 2. The quantitative estimate of drug-likeness (QED) is 0.443. The summed E-state index contributed by atoms with van der Waals surface area (Å²) in [6, 6.07) is 0.00717. The second kappa shape index (κ2) is 7.25. The Morgan fingerprint density at radius 2 is 2.17 bits per heavy atom. The van der Waals surface area contributed by atoms with Crippen molar-refractivity contribution < 1.29 is 32.9 Å². The topological polar surface area (TPSA) is 75.6 Å². The lowest BCUT2D eigenvalue weighted by Gasteiger charge is -2.32. The van der Waals surface area contributed by atoms with Crippen LogP contribution in [0.15, 0.2) is 0 Å². The molecule has 136 valence electrons. The lowest BCUT2D eigenvalue weighted by molar-refractivity contribution is -0.136. The molecule has 0 saturated carbocycles. The van der Waals surface area contributed by atoms with Gasteiger partial charge in [-0.2, -0.15) is 0 Å². The van der Waals surface area contributed by atoms with Gasteiger partial charge in [-0.05, 0) is 24.6 Å². The fraction of sp³-hybridized carbons (Fsp3) is 1.00. The number of hydrogen-bond acceptors (Lipinski definition) is 7. The van der Waals surface area contributed by atoms with Gasteiger partial charge in [-0.3, -0.25) is 0 Å². The number of rotatable bonds is 7. The van der Waals surface area contributed by atoms with E-state index in [-0.39, 0.29) is 43.0 Å². The molecule has 0 aliphatic carbocycles. The van der Waals surface area contributed by atoms with Crippen LogP contribution < -0.4 is 0 Å². The molecule has 0 spiro atoms. The van der Waals surface area contributed by atoms with Gasteiger partial charge in [0.25, 0.3) is 0 Å². The maximum Gasteiger partial charge on any atom is 0.324 e. The van der Waals surface area contributed by atoms with Crippen LogP contribution in [-0.2, 0) is 39.8 Å². The zero-order valence-corrected chi connectivity index (χ0v) is 16.3. The van der Waals surface area contributed by atoms with E-state index >= 15 is 0 Å². The Balaban J connectivity index is 1.60. The molecule has 3 aliphatic heterocycles. The van der Waals surface area contributed by atoms with E-state index in [2.05, 4.69) is 0 Å². The highest BCUT2D eigenvalue weighted by atomic mass is 32.5. The summed E-state index contributed by atoms with van der Waals surface area (Å²) in [5.41, 5.74) is -0.737. The van der Waals surface area contributed by atoms with E-state index in [0.29, 0.717) is 13.0 Å². The van der Waals surface area contributed by atoms with Gasteiger partial charge < -0.3 is 32.9 Å². The minimum Gasteiger partial charge on any atom is -0.381 e. The number of ether oxygens (including phenoxy) is 4. The van der Waals surface area contributed by atoms with Crippen LogP contribution in [0.3, 0.4) is 0 Å². The Morgan fingerprint density at radius 3 is 2.79 bits per heavy atom. The summed E-state index contributed by atoms with van der Waals surface area (Å²) in [5.74, 6) is 0. The number of methoxy groups -OCH3 is 1. The molecule has 3 saturated heterocycles. The van der Waals surface area contributed by atoms with Crippen LogP contribution in [0, 0.1) is 0 Å². The van der Waals surface area contributed by atoms with Gasteiger partial charge in [-0.25, -0.2) is 0 Å². The Bertz CT molecular complexity index is 515. The van der Waals surface area contributed by atoms with Gasteiger partial charge in [0.2, 0.25) is 0 Å². The SMILES string of the molecule is BC1CC(OP(O)(=S)OCC23COC(C(B)O2)C3OC)C(CC)O1. The largest absolute Gasteiger partial charge is 0.381 e. The van der Waals surface area contributed by atoms with Crippen LogP contribution >= 0.6 is 6.72 Å². The van der Waals surface area contributed by atoms with Gasteiger partial charge in [-0.1, -0.05) is 6.92 Å². The van der Waals surface area contributed by atoms with Crippen molar-refractivity contribution in [1.29, 1.82) is 0 Å². The predicted octanol–water partition coefficient (Wildman–Crippen LogP) is -1.09. The van der Waals surface area contributed by atoms with Gasteiger partial charge >= 0.3 is 6.72 Å². The minimum absolute atomic E-state index is 0.0649. The fourth-order valence-electron chi connectivity index (χ4n) is 3.92. The third-order valence-electron chi connectivity index (χ3n) is 5.00. The third kappa shape index (κ3) is 3.63. The van der Waals surface area contributed by atoms with Crippen molar-refractivity contribution >= 4 is 34.2 Å². The highest BCUT2D eigenvalue weighted by Gasteiger charge is 2.61. The van der Waals surface area contributed by atoms with Crippen molar-refractivity contribution in [2.24, 2.45) is 0 Å². The Hall–Kier alpha value is 0.500. The molecule has 1 N–H and O–H groups in total. The molecular weight excluding hydrogens is 353 g/mol. The average Bonchev–Trinajstić information content (AvgIpc) is 3.13. The van der Waals surface area contributed by atoms with Crippen LogP contribution in [-0.4, -0.2) is 82.9 Å². The lowest BCUT2D eigenvalue weighted by Crippen LogP contribution is -2.46. The molecule has 0 aromatic carbocycles. The van der Waals surface area contributed by atoms with Crippen molar-refractivity contribution in [2.75, 3.05) is 20.3 Å². The normalized spacial score (nSPS) is 47.1. The third-order valence-corrected chi connectivity index (χ3v) is 6.57. The molecular formula is C13H25B2O7PS. The molecule has 11 heteroatoms. The first-order chi connectivity index (χ1) is 11.3. The molecule has 0 radical (unpaired) electrons. The highest BCUT2D eigenvalue weighted by molar-refractivity contribution is 8.07. The van der Waals surface area contributed by atoms with E-state index < -0.39 is 12.3 Å². The predicted molar refractivity (Wildman–Crippen MR) is 96.1 cm³/mol. The summed E-state index contributed by atoms with van der Waals surface area (Å²) >= 11 is 5.20. The summed E-state index contributed by atoms with van der Waals surface area (Å²) in [5, 5.41) is 0. The molecule has 0 amide bonds. The van der Waals surface area contributed by atoms with Gasteiger partial charge in [-0.15, -0.1) is 0 Å². The summed E-state index contributed by atoms with van der Waals surface area (Å²) in [6.45, 7) is -0.941. The van der Waals surface area contributed by atoms with Crippen molar-refractivity contribution in [2.45, 2.75) is 61.8 Å². The van der Waals surface area contributed by atoms with E-state index in [9.17, 15) is 4.89 Å². The molecule has 0 aromatic rings. The Morgan fingerprint density at radius 1 is 1.42 bits per heavy atom. The van der Waals surface area contributed by atoms with Crippen molar-refractivity contribution in [1.82, 2.24) is 0 Å². The molecule has 8 atom stereocenters. The van der Waals surface area contributed by atoms with Gasteiger partial charge in [0.05, 0.1) is 31.4 Å². The standard InChI is InChI=1S/C13H25B2O7PS/c1-3-7-8(4-9(14)20-7)22-23(16,24)19-6-13-5-18-10(11(13)17-2)12(15)21-13/h7-12H,3-6,14-15H2,1-2H3,(H,16,24). The second-order valence-corrected chi connectivity index (χ2v) is 9.63. The van der Waals surface area contributed by atoms with E-state index in [0.717, 1.165) is 6.42 Å². The van der Waals surface area contributed by atoms with Crippen LogP contribution in [0.1, 0.15) is 19.8 Å². The second-order valence-electron chi connectivity index (χ2n) is 6.83. The zero-order chi connectivity index (χ0) is 17.5. The smallest absolute Gasteiger partial charge is 0.324 e. The van der Waals surface area contributed by atoms with E-state index in [1.54, 1.807) is 7.11 Å². The zero-order valence-electron chi connectivity index (χ0n) is 14.5. The fourth-order valence-corrected chi connectivity index (χ4v) is 5.41. The Labute approximate surface area is 149 Å². The maximum atomic E-state index is 10.5. The monoisotopic (exact) mass is 378 g/mol. The lowest BCUT2D eigenvalue weighted by atomic mass is 9.92. The van der Waals surface area contributed by atoms with Crippen molar-refractivity contribution in [3.63, 3.8) is 0 Å².